The maximum Gasteiger partial charge on any atom is 0.239 e. The van der Waals surface area contributed by atoms with E-state index in [2.05, 4.69) is 9.88 Å². The number of nitrogen functional groups attached to an aromatic ring is 1. The number of aliphatic hydroxyl groups excluding tert-OH is 1. The molecule has 19 heavy (non-hydrogen) atoms. The summed E-state index contributed by atoms with van der Waals surface area (Å²) in [7, 11) is 0. The highest BCUT2D eigenvalue weighted by Gasteiger charge is 2.25. The Morgan fingerprint density at radius 1 is 1.32 bits per heavy atom. The minimum Gasteiger partial charge on any atom is -0.476 e. The summed E-state index contributed by atoms with van der Waals surface area (Å²) < 4.78 is 5.70. The van der Waals surface area contributed by atoms with Gasteiger partial charge in [-0.3, -0.25) is 0 Å². The fourth-order valence-corrected chi connectivity index (χ4v) is 2.40. The van der Waals surface area contributed by atoms with Crippen molar-refractivity contribution in [3.63, 3.8) is 0 Å². The Morgan fingerprint density at radius 3 is 2.84 bits per heavy atom. The molecule has 1 aromatic rings. The van der Waals surface area contributed by atoms with Gasteiger partial charge >= 0.3 is 0 Å². The fourth-order valence-electron chi connectivity index (χ4n) is 2.40. The number of aromatic nitrogens is 1. The van der Waals surface area contributed by atoms with E-state index in [1.807, 2.05) is 12.1 Å². The molecule has 5 nitrogen and oxygen atoms in total. The second-order valence-electron chi connectivity index (χ2n) is 5.60. The van der Waals surface area contributed by atoms with Crippen LogP contribution >= 0.6 is 0 Å². The third-order valence-electron chi connectivity index (χ3n) is 3.90. The quantitative estimate of drug-likeness (QED) is 0.837. The van der Waals surface area contributed by atoms with Crippen molar-refractivity contribution in [3.8, 4) is 5.88 Å². The van der Waals surface area contributed by atoms with Gasteiger partial charge in [0.1, 0.15) is 5.82 Å². The monoisotopic (exact) mass is 263 g/mol. The number of nitrogens with zero attached hydrogens (tertiary/aromatic N) is 2. The van der Waals surface area contributed by atoms with Crippen LogP contribution in [-0.2, 0) is 0 Å². The third-order valence-corrected chi connectivity index (χ3v) is 3.90. The Labute approximate surface area is 113 Å². The van der Waals surface area contributed by atoms with Crippen molar-refractivity contribution in [1.29, 1.82) is 0 Å². The number of nitrogens with two attached hydrogens (primary N) is 1. The van der Waals surface area contributed by atoms with Crippen LogP contribution in [0.4, 0.5) is 11.5 Å². The van der Waals surface area contributed by atoms with Crippen LogP contribution in [0.25, 0.3) is 0 Å². The second-order valence-corrected chi connectivity index (χ2v) is 5.60. The van der Waals surface area contributed by atoms with Crippen molar-refractivity contribution in [1.82, 2.24) is 4.98 Å². The van der Waals surface area contributed by atoms with E-state index in [9.17, 15) is 5.11 Å². The second kappa shape index (κ2) is 5.25. The summed E-state index contributed by atoms with van der Waals surface area (Å²) in [6.07, 6.45) is 3.52. The molecule has 1 unspecified atom stereocenters. The van der Waals surface area contributed by atoms with E-state index in [1.54, 1.807) is 0 Å². The molecule has 1 atom stereocenters. The van der Waals surface area contributed by atoms with E-state index < -0.39 is 0 Å². The number of ether oxygens (including phenoxy) is 1. The van der Waals surface area contributed by atoms with Crippen molar-refractivity contribution in [3.05, 3.63) is 12.1 Å². The van der Waals surface area contributed by atoms with E-state index in [0.29, 0.717) is 23.4 Å². The maximum absolute atomic E-state index is 9.19. The molecule has 104 valence electrons. The molecule has 3 N–H and O–H groups in total. The van der Waals surface area contributed by atoms with Gasteiger partial charge in [0, 0.05) is 25.6 Å². The molecule has 1 aromatic heterocycles. The van der Waals surface area contributed by atoms with Gasteiger partial charge in [0.2, 0.25) is 5.88 Å². The standard InChI is InChI=1S/C14H21N3O2/c15-12-3-4-13(17-6-5-11(7-17)8-18)16-14(12)19-9-10-1-2-10/h3-4,10-11,18H,1-2,5-9,15H2. The Hall–Kier alpha value is -1.49. The summed E-state index contributed by atoms with van der Waals surface area (Å²) >= 11 is 0. The summed E-state index contributed by atoms with van der Waals surface area (Å²) in [6.45, 7) is 2.76. The first-order valence-corrected chi connectivity index (χ1v) is 7.01. The number of hydrogen-bond acceptors (Lipinski definition) is 5. The van der Waals surface area contributed by atoms with Gasteiger partial charge in [-0.25, -0.2) is 0 Å². The number of rotatable bonds is 5. The first-order valence-electron chi connectivity index (χ1n) is 7.01. The molecule has 0 spiro atoms. The van der Waals surface area contributed by atoms with Gasteiger partial charge in [0.15, 0.2) is 0 Å². The predicted molar refractivity (Wildman–Crippen MR) is 74.3 cm³/mol. The Bertz CT molecular complexity index is 448. The summed E-state index contributed by atoms with van der Waals surface area (Å²) in [4.78, 5) is 6.70. The summed E-state index contributed by atoms with van der Waals surface area (Å²) in [6, 6.07) is 3.79. The van der Waals surface area contributed by atoms with Crippen LogP contribution in [0.3, 0.4) is 0 Å². The molecule has 0 radical (unpaired) electrons. The Balaban J connectivity index is 1.69. The van der Waals surface area contributed by atoms with Crippen LogP contribution in [0, 0.1) is 11.8 Å². The molecule has 1 aliphatic heterocycles. The lowest BCUT2D eigenvalue weighted by Crippen LogP contribution is -2.22. The minimum atomic E-state index is 0.247. The molecule has 2 heterocycles. The third kappa shape index (κ3) is 2.92. The van der Waals surface area contributed by atoms with Gasteiger partial charge in [0.05, 0.1) is 12.3 Å². The lowest BCUT2D eigenvalue weighted by atomic mass is 10.1. The van der Waals surface area contributed by atoms with E-state index in [0.717, 1.165) is 31.9 Å². The molecular weight excluding hydrogens is 242 g/mol. The number of hydrogen-bond donors (Lipinski definition) is 2. The van der Waals surface area contributed by atoms with Crippen molar-refractivity contribution >= 4 is 11.5 Å². The fraction of sp³-hybridized carbons (Fsp3) is 0.643. The average Bonchev–Trinajstić information content (AvgIpc) is 3.13. The molecular formula is C14H21N3O2. The first-order chi connectivity index (χ1) is 9.26. The van der Waals surface area contributed by atoms with Gasteiger partial charge in [-0.05, 0) is 37.3 Å². The zero-order chi connectivity index (χ0) is 13.2. The van der Waals surface area contributed by atoms with Crippen LogP contribution in [0.15, 0.2) is 12.1 Å². The van der Waals surface area contributed by atoms with E-state index in [4.69, 9.17) is 10.5 Å². The highest BCUT2D eigenvalue weighted by molar-refractivity contribution is 5.55. The molecule has 0 bridgehead atoms. The highest BCUT2D eigenvalue weighted by atomic mass is 16.5. The van der Waals surface area contributed by atoms with E-state index >= 15 is 0 Å². The highest BCUT2D eigenvalue weighted by Crippen LogP contribution is 2.31. The Morgan fingerprint density at radius 2 is 2.16 bits per heavy atom. The van der Waals surface area contributed by atoms with Crippen LogP contribution in [0.1, 0.15) is 19.3 Å². The maximum atomic E-state index is 9.19. The molecule has 1 saturated heterocycles. The van der Waals surface area contributed by atoms with Gasteiger partial charge in [-0.2, -0.15) is 4.98 Å². The molecule has 1 aliphatic carbocycles. The van der Waals surface area contributed by atoms with Crippen molar-refractivity contribution < 1.29 is 9.84 Å². The van der Waals surface area contributed by atoms with Crippen LogP contribution in [-0.4, -0.2) is 36.4 Å². The predicted octanol–water partition coefficient (Wildman–Crippen LogP) is 1.27. The molecule has 0 amide bonds. The summed E-state index contributed by atoms with van der Waals surface area (Å²) in [5.74, 6) is 2.50. The first kappa shape index (κ1) is 12.5. The minimum absolute atomic E-state index is 0.247. The zero-order valence-corrected chi connectivity index (χ0v) is 11.1. The Kier molecular flexibility index (Phi) is 3.46. The molecule has 3 rings (SSSR count). The van der Waals surface area contributed by atoms with E-state index in [1.165, 1.54) is 12.8 Å². The van der Waals surface area contributed by atoms with E-state index in [-0.39, 0.29) is 6.61 Å². The molecule has 1 saturated carbocycles. The largest absolute Gasteiger partial charge is 0.476 e. The number of pyridine rings is 1. The number of anilines is 2. The van der Waals surface area contributed by atoms with Gasteiger partial charge in [0.25, 0.3) is 0 Å². The van der Waals surface area contributed by atoms with Crippen molar-refractivity contribution in [2.24, 2.45) is 11.8 Å². The van der Waals surface area contributed by atoms with Gasteiger partial charge < -0.3 is 20.5 Å². The molecule has 5 heteroatoms. The SMILES string of the molecule is Nc1ccc(N2CCC(CO)C2)nc1OCC1CC1. The normalized spacial score (nSPS) is 22.8. The van der Waals surface area contributed by atoms with Crippen LogP contribution < -0.4 is 15.4 Å². The molecule has 2 aliphatic rings. The molecule has 2 fully saturated rings. The lowest BCUT2D eigenvalue weighted by Gasteiger charge is -2.18. The van der Waals surface area contributed by atoms with Gasteiger partial charge in [-0.15, -0.1) is 0 Å². The topological polar surface area (TPSA) is 71.6 Å². The average molecular weight is 263 g/mol. The van der Waals surface area contributed by atoms with Crippen molar-refractivity contribution in [2.75, 3.05) is 36.9 Å². The van der Waals surface area contributed by atoms with Crippen LogP contribution in [0.5, 0.6) is 5.88 Å². The smallest absolute Gasteiger partial charge is 0.239 e. The summed E-state index contributed by atoms with van der Waals surface area (Å²) in [5.41, 5.74) is 6.50. The zero-order valence-electron chi connectivity index (χ0n) is 11.1. The van der Waals surface area contributed by atoms with Gasteiger partial charge in [-0.1, -0.05) is 0 Å². The number of aliphatic hydroxyl groups is 1. The summed E-state index contributed by atoms with van der Waals surface area (Å²) in [5, 5.41) is 9.19. The van der Waals surface area contributed by atoms with Crippen LogP contribution in [0.2, 0.25) is 0 Å². The lowest BCUT2D eigenvalue weighted by molar-refractivity contribution is 0.238. The van der Waals surface area contributed by atoms with Crippen molar-refractivity contribution in [2.45, 2.75) is 19.3 Å². The molecule has 0 aromatic carbocycles.